The SMILES string of the molecule is O=C(Cn1cccc(C(F)(F)F)c1=O)N[C@@H]1CCCc2nc(-c3ccccc3)sc21. The molecule has 4 rings (SSSR count). The fraction of sp³-hybridized carbons (Fsp3) is 0.286. The van der Waals surface area contributed by atoms with Gasteiger partial charge in [0.2, 0.25) is 5.91 Å². The Balaban J connectivity index is 1.52. The van der Waals surface area contributed by atoms with Crippen LogP contribution in [0.1, 0.15) is 35.0 Å². The van der Waals surface area contributed by atoms with Gasteiger partial charge < -0.3 is 9.88 Å². The summed E-state index contributed by atoms with van der Waals surface area (Å²) < 4.78 is 39.6. The van der Waals surface area contributed by atoms with Crippen molar-refractivity contribution in [3.05, 3.63) is 75.1 Å². The number of rotatable bonds is 4. The lowest BCUT2D eigenvalue weighted by Gasteiger charge is -2.22. The number of hydrogen-bond acceptors (Lipinski definition) is 4. The minimum absolute atomic E-state index is 0.266. The van der Waals surface area contributed by atoms with Crippen molar-refractivity contribution in [2.75, 3.05) is 0 Å². The number of alkyl halides is 3. The van der Waals surface area contributed by atoms with Crippen LogP contribution < -0.4 is 10.9 Å². The number of aromatic nitrogens is 2. The summed E-state index contributed by atoms with van der Waals surface area (Å²) in [6.45, 7) is -0.473. The molecule has 1 N–H and O–H groups in total. The molecule has 1 aliphatic rings. The van der Waals surface area contributed by atoms with Crippen molar-refractivity contribution in [3.8, 4) is 10.6 Å². The molecule has 1 aliphatic carbocycles. The molecular weight excluding hydrogens is 415 g/mol. The monoisotopic (exact) mass is 433 g/mol. The summed E-state index contributed by atoms with van der Waals surface area (Å²) in [6, 6.07) is 11.3. The number of amides is 1. The van der Waals surface area contributed by atoms with E-state index < -0.39 is 29.8 Å². The molecule has 30 heavy (non-hydrogen) atoms. The van der Waals surface area contributed by atoms with Gasteiger partial charge in [-0.2, -0.15) is 13.2 Å². The molecule has 0 aliphatic heterocycles. The molecule has 156 valence electrons. The van der Waals surface area contributed by atoms with E-state index in [-0.39, 0.29) is 6.04 Å². The summed E-state index contributed by atoms with van der Waals surface area (Å²) in [5.74, 6) is -0.510. The van der Waals surface area contributed by atoms with Gasteiger partial charge in [-0.05, 0) is 31.4 Å². The van der Waals surface area contributed by atoms with E-state index in [2.05, 4.69) is 5.32 Å². The van der Waals surface area contributed by atoms with Gasteiger partial charge in [0.1, 0.15) is 17.1 Å². The molecule has 0 spiro atoms. The predicted octanol–water partition coefficient (Wildman–Crippen LogP) is 4.18. The van der Waals surface area contributed by atoms with Crippen molar-refractivity contribution in [1.82, 2.24) is 14.9 Å². The van der Waals surface area contributed by atoms with E-state index in [0.29, 0.717) is 12.5 Å². The minimum Gasteiger partial charge on any atom is -0.347 e. The highest BCUT2D eigenvalue weighted by Gasteiger charge is 2.34. The zero-order chi connectivity index (χ0) is 21.3. The van der Waals surface area contributed by atoms with Crippen LogP contribution in [0.2, 0.25) is 0 Å². The number of carbonyl (C=O) groups excluding carboxylic acids is 1. The lowest BCUT2D eigenvalue weighted by atomic mass is 9.98. The standard InChI is InChI=1S/C21H18F3N3O2S/c22-21(23,24)14-8-5-11-27(20(14)29)12-17(28)25-15-9-4-10-16-18(15)30-19(26-16)13-6-2-1-3-7-13/h1-3,5-8,11,15H,4,9-10,12H2,(H,25,28)/t15-/m1/s1. The van der Waals surface area contributed by atoms with Gasteiger partial charge in [-0.1, -0.05) is 30.3 Å². The molecule has 0 fully saturated rings. The molecule has 0 bridgehead atoms. The van der Waals surface area contributed by atoms with Crippen LogP contribution in [-0.4, -0.2) is 15.5 Å². The van der Waals surface area contributed by atoms with Crippen LogP contribution in [0, 0.1) is 0 Å². The van der Waals surface area contributed by atoms with E-state index in [9.17, 15) is 22.8 Å². The Labute approximate surface area is 174 Å². The Bertz CT molecular complexity index is 1120. The number of hydrogen-bond donors (Lipinski definition) is 1. The zero-order valence-corrected chi connectivity index (χ0v) is 16.6. The van der Waals surface area contributed by atoms with E-state index in [1.807, 2.05) is 30.3 Å². The summed E-state index contributed by atoms with van der Waals surface area (Å²) in [6.07, 6.45) is -1.20. The van der Waals surface area contributed by atoms with E-state index in [1.165, 1.54) is 17.5 Å². The first kappa shape index (κ1) is 20.3. The molecule has 5 nitrogen and oxygen atoms in total. The number of carbonyl (C=O) groups is 1. The smallest absolute Gasteiger partial charge is 0.347 e. The highest BCUT2D eigenvalue weighted by Crippen LogP contribution is 2.37. The predicted molar refractivity (Wildman–Crippen MR) is 107 cm³/mol. The fourth-order valence-electron chi connectivity index (χ4n) is 3.53. The molecule has 0 saturated heterocycles. The van der Waals surface area contributed by atoms with Crippen molar-refractivity contribution >= 4 is 17.2 Å². The maximum absolute atomic E-state index is 12.9. The van der Waals surface area contributed by atoms with E-state index in [0.717, 1.165) is 44.6 Å². The average molecular weight is 433 g/mol. The number of aryl methyl sites for hydroxylation is 1. The molecule has 0 saturated carbocycles. The van der Waals surface area contributed by atoms with Crippen LogP contribution in [0.15, 0.2) is 53.5 Å². The van der Waals surface area contributed by atoms with Gasteiger partial charge >= 0.3 is 6.18 Å². The third-order valence-corrected chi connectivity index (χ3v) is 6.21. The number of pyridine rings is 1. The number of halogens is 3. The topological polar surface area (TPSA) is 64.0 Å². The minimum atomic E-state index is -4.76. The fourth-order valence-corrected chi connectivity index (χ4v) is 4.74. The van der Waals surface area contributed by atoms with Crippen molar-refractivity contribution in [2.45, 2.75) is 38.0 Å². The Morgan fingerprint density at radius 3 is 2.70 bits per heavy atom. The molecule has 1 amide bonds. The number of nitrogens with one attached hydrogen (secondary N) is 1. The van der Waals surface area contributed by atoms with Gasteiger partial charge in [0.25, 0.3) is 5.56 Å². The summed E-state index contributed by atoms with van der Waals surface area (Å²) in [5.41, 5.74) is -0.578. The summed E-state index contributed by atoms with van der Waals surface area (Å²) in [4.78, 5) is 30.2. The first-order chi connectivity index (χ1) is 14.3. The molecule has 2 heterocycles. The van der Waals surface area contributed by atoms with Crippen LogP contribution in [-0.2, 0) is 23.9 Å². The Morgan fingerprint density at radius 2 is 1.97 bits per heavy atom. The second-order valence-electron chi connectivity index (χ2n) is 7.06. The third kappa shape index (κ3) is 4.16. The molecule has 9 heteroatoms. The number of fused-ring (bicyclic) bond motifs is 1. The molecule has 0 radical (unpaired) electrons. The quantitative estimate of drug-likeness (QED) is 0.671. The Hall–Kier alpha value is -2.94. The highest BCUT2D eigenvalue weighted by molar-refractivity contribution is 7.15. The molecule has 2 aromatic heterocycles. The number of thiazole rings is 1. The molecule has 3 aromatic rings. The number of nitrogens with zero attached hydrogens (tertiary/aromatic N) is 2. The van der Waals surface area contributed by atoms with Crippen LogP contribution in [0.4, 0.5) is 13.2 Å². The van der Waals surface area contributed by atoms with Gasteiger partial charge in [0.15, 0.2) is 0 Å². The van der Waals surface area contributed by atoms with E-state index in [1.54, 1.807) is 0 Å². The van der Waals surface area contributed by atoms with Crippen LogP contribution in [0.25, 0.3) is 10.6 Å². The van der Waals surface area contributed by atoms with Gasteiger partial charge in [0.05, 0.1) is 16.6 Å². The summed E-state index contributed by atoms with van der Waals surface area (Å²) in [7, 11) is 0. The Kier molecular flexibility index (Phi) is 5.46. The second kappa shape index (κ2) is 8.06. The van der Waals surface area contributed by atoms with Crippen LogP contribution in [0.5, 0.6) is 0 Å². The largest absolute Gasteiger partial charge is 0.421 e. The molecular formula is C21H18F3N3O2S. The normalized spacial score (nSPS) is 16.2. The van der Waals surface area contributed by atoms with Crippen molar-refractivity contribution in [2.24, 2.45) is 0 Å². The lowest BCUT2D eigenvalue weighted by molar-refractivity contribution is -0.139. The van der Waals surface area contributed by atoms with Crippen LogP contribution >= 0.6 is 11.3 Å². The summed E-state index contributed by atoms with van der Waals surface area (Å²) in [5, 5.41) is 3.74. The highest BCUT2D eigenvalue weighted by atomic mass is 32.1. The molecule has 0 unspecified atom stereocenters. The molecule has 1 aromatic carbocycles. The maximum Gasteiger partial charge on any atom is 0.421 e. The van der Waals surface area contributed by atoms with Crippen molar-refractivity contribution < 1.29 is 18.0 Å². The first-order valence-electron chi connectivity index (χ1n) is 9.44. The Morgan fingerprint density at radius 1 is 1.20 bits per heavy atom. The third-order valence-electron chi connectivity index (χ3n) is 4.95. The van der Waals surface area contributed by atoms with E-state index in [4.69, 9.17) is 4.98 Å². The summed E-state index contributed by atoms with van der Waals surface area (Å²) >= 11 is 1.51. The van der Waals surface area contributed by atoms with E-state index >= 15 is 0 Å². The maximum atomic E-state index is 12.9. The number of benzene rings is 1. The van der Waals surface area contributed by atoms with Gasteiger partial charge in [-0.25, -0.2) is 4.98 Å². The average Bonchev–Trinajstić information content (AvgIpc) is 3.15. The zero-order valence-electron chi connectivity index (χ0n) is 15.8. The van der Waals surface area contributed by atoms with Gasteiger partial charge in [-0.15, -0.1) is 11.3 Å². The van der Waals surface area contributed by atoms with Gasteiger partial charge in [0, 0.05) is 11.8 Å². The lowest BCUT2D eigenvalue weighted by Crippen LogP contribution is -2.37. The van der Waals surface area contributed by atoms with Crippen molar-refractivity contribution in [1.29, 1.82) is 0 Å². The van der Waals surface area contributed by atoms with Gasteiger partial charge in [-0.3, -0.25) is 9.59 Å². The van der Waals surface area contributed by atoms with Crippen molar-refractivity contribution in [3.63, 3.8) is 0 Å². The first-order valence-corrected chi connectivity index (χ1v) is 10.3. The van der Waals surface area contributed by atoms with Crippen LogP contribution in [0.3, 0.4) is 0 Å². The second-order valence-corrected chi connectivity index (χ2v) is 8.09. The molecule has 1 atom stereocenters.